The molecule has 0 radical (unpaired) electrons. The molecule has 0 unspecified atom stereocenters. The van der Waals surface area contributed by atoms with E-state index in [0.717, 1.165) is 49.8 Å². The Labute approximate surface area is 371 Å². The van der Waals surface area contributed by atoms with Crippen LogP contribution in [-0.4, -0.2) is 136 Å². The van der Waals surface area contributed by atoms with Crippen LogP contribution in [-0.2, 0) is 39.9 Å². The molecule has 0 aliphatic carbocycles. The highest BCUT2D eigenvalue weighted by atomic mass is 16.5. The average molecular weight is 883 g/mol. The maximum Gasteiger partial charge on any atom is 0.407 e. The van der Waals surface area contributed by atoms with Gasteiger partial charge in [-0.15, -0.1) is 0 Å². The lowest BCUT2D eigenvalue weighted by Gasteiger charge is -2.30. The third-order valence-corrected chi connectivity index (χ3v) is 12.5. The minimum Gasteiger partial charge on any atom is -0.488 e. The Morgan fingerprint density at radius 2 is 1.59 bits per heavy atom. The van der Waals surface area contributed by atoms with Gasteiger partial charge in [-0.1, -0.05) is 25.1 Å². The number of aliphatic imine (C=N–C) groups is 1. The monoisotopic (exact) mass is 882 g/mol. The van der Waals surface area contributed by atoms with Crippen LogP contribution >= 0.6 is 0 Å². The summed E-state index contributed by atoms with van der Waals surface area (Å²) in [5.41, 5.74) is 12.3. The number of hydrogen-bond acceptors (Lipinski definition) is 13. The van der Waals surface area contributed by atoms with Crippen LogP contribution in [0.1, 0.15) is 56.6 Å². The van der Waals surface area contributed by atoms with E-state index >= 15 is 0 Å². The molecular formula is C46H58N8O10. The normalized spacial score (nSPS) is 21.5. The maximum absolute atomic E-state index is 14.0. The number of imidazole rings is 1. The lowest BCUT2D eigenvalue weighted by Crippen LogP contribution is -2.55. The molecule has 3 aliphatic heterocycles. The number of H-pyrrole nitrogens is 1. The Bertz CT molecular complexity index is 2450. The number of benzene rings is 3. The van der Waals surface area contributed by atoms with Crippen molar-refractivity contribution < 1.29 is 47.6 Å². The van der Waals surface area contributed by atoms with Crippen molar-refractivity contribution in [1.29, 1.82) is 0 Å². The molecule has 3 aromatic carbocycles. The number of likely N-dealkylation sites (tertiary alicyclic amines) is 2. The number of hydrogen-bond donors (Lipinski definition) is 4. The minimum atomic E-state index is -0.963. The van der Waals surface area contributed by atoms with E-state index in [0.29, 0.717) is 50.7 Å². The topological polar surface area (TPSA) is 221 Å². The number of fused-ring (bicyclic) bond motifs is 6. The Kier molecular flexibility index (Phi) is 14.1. The summed E-state index contributed by atoms with van der Waals surface area (Å²) in [6.07, 6.45) is 1.94. The van der Waals surface area contributed by atoms with E-state index in [9.17, 15) is 19.2 Å². The molecule has 18 heteroatoms. The van der Waals surface area contributed by atoms with Gasteiger partial charge in [-0.25, -0.2) is 14.6 Å². The van der Waals surface area contributed by atoms with Crippen molar-refractivity contribution >= 4 is 57.7 Å². The van der Waals surface area contributed by atoms with E-state index in [1.54, 1.807) is 43.2 Å². The second kappa shape index (κ2) is 19.7. The first kappa shape index (κ1) is 45.8. The number of aromatic amines is 1. The Morgan fingerprint density at radius 3 is 2.25 bits per heavy atom. The Hall–Kier alpha value is -6.24. The van der Waals surface area contributed by atoms with E-state index in [-0.39, 0.29) is 35.7 Å². The maximum atomic E-state index is 14.0. The number of ether oxygens (including phenoxy) is 6. The van der Waals surface area contributed by atoms with Gasteiger partial charge in [-0.05, 0) is 78.9 Å². The standard InChI is InChI=1S/C46H58N8O10/c1-24-13-37(54(20-24)44(56)40(26(3)61-6)52-46(58)63-8)42-49-36-12-10-28-16-34-32-11-9-29(15-30(32)23-64-38(34)17-33(28)41(36)50-42)35(47)19-48-18-31-14-27(22-59-4)21-53(31)43(55)39(25(2)60-5)51-45(57)62-7/h9-12,15-19,24-27,31,37,39-40H,13-14,20-23,47H2,1-8H3,(H,49,50)(H,51,57)(H,52,58)/b35-19-,48-18?/t24-,25+,26+,27-,31-,37-,39-,40-/m0/s1. The first-order valence-electron chi connectivity index (χ1n) is 21.3. The predicted molar refractivity (Wildman–Crippen MR) is 239 cm³/mol. The Balaban J connectivity index is 1.11. The molecule has 18 nitrogen and oxygen atoms in total. The van der Waals surface area contributed by atoms with Gasteiger partial charge in [-0.3, -0.25) is 14.6 Å². The number of alkyl carbamates (subject to hydrolysis) is 2. The number of aromatic nitrogens is 2. The van der Waals surface area contributed by atoms with Gasteiger partial charge in [0.25, 0.3) is 0 Å². The summed E-state index contributed by atoms with van der Waals surface area (Å²) in [5.74, 6) is 1.07. The first-order valence-corrected chi connectivity index (χ1v) is 21.3. The van der Waals surface area contributed by atoms with Crippen LogP contribution in [0.4, 0.5) is 9.59 Å². The summed E-state index contributed by atoms with van der Waals surface area (Å²) in [6.45, 7) is 7.23. The van der Waals surface area contributed by atoms with Gasteiger partial charge >= 0.3 is 12.2 Å². The molecule has 4 heterocycles. The zero-order valence-corrected chi connectivity index (χ0v) is 37.5. The van der Waals surface area contributed by atoms with Crippen LogP contribution in [0, 0.1) is 11.8 Å². The zero-order valence-electron chi connectivity index (χ0n) is 37.5. The second-order valence-corrected chi connectivity index (χ2v) is 16.8. The van der Waals surface area contributed by atoms with Crippen molar-refractivity contribution in [3.8, 4) is 16.9 Å². The SMILES string of the molecule is COC[C@H]1C[C@@H](C=N/C=C(\N)c2ccc3c(c2)COc2cc4c(ccc5[nH]c([C@@H]6C[C@H](C)CN6C(=O)[C@@H](NC(=O)OC)[C@@H](C)OC)nc54)cc2-3)N(C(=O)[C@@H](NC(=O)OC)[C@@H](C)OC)C1. The summed E-state index contributed by atoms with van der Waals surface area (Å²) in [4.78, 5) is 68.6. The van der Waals surface area contributed by atoms with Gasteiger partial charge in [0.2, 0.25) is 11.8 Å². The van der Waals surface area contributed by atoms with Crippen LogP contribution in [0.3, 0.4) is 0 Å². The molecule has 3 aliphatic rings. The van der Waals surface area contributed by atoms with Crippen molar-refractivity contribution in [2.24, 2.45) is 22.6 Å². The number of nitrogens with one attached hydrogen (secondary N) is 3. The van der Waals surface area contributed by atoms with Crippen LogP contribution in [0.25, 0.3) is 38.6 Å². The predicted octanol–water partition coefficient (Wildman–Crippen LogP) is 4.90. The van der Waals surface area contributed by atoms with Crippen LogP contribution < -0.4 is 21.1 Å². The summed E-state index contributed by atoms with van der Waals surface area (Å²) >= 11 is 0. The highest BCUT2D eigenvalue weighted by molar-refractivity contribution is 6.07. The molecule has 2 fully saturated rings. The van der Waals surface area contributed by atoms with Crippen molar-refractivity contribution in [1.82, 2.24) is 30.4 Å². The van der Waals surface area contributed by atoms with Crippen molar-refractivity contribution in [3.63, 3.8) is 0 Å². The fourth-order valence-electron chi connectivity index (χ4n) is 8.96. The summed E-state index contributed by atoms with van der Waals surface area (Å²) in [6, 6.07) is 11.5. The summed E-state index contributed by atoms with van der Waals surface area (Å²) in [7, 11) is 7.09. The molecule has 4 aromatic rings. The molecule has 5 N–H and O–H groups in total. The van der Waals surface area contributed by atoms with Gasteiger partial charge in [0, 0.05) is 57.5 Å². The van der Waals surface area contributed by atoms with Crippen LogP contribution in [0.15, 0.2) is 53.7 Å². The summed E-state index contributed by atoms with van der Waals surface area (Å²) in [5, 5.41) is 7.14. The van der Waals surface area contributed by atoms with Crippen molar-refractivity contribution in [2.45, 2.75) is 76.6 Å². The van der Waals surface area contributed by atoms with E-state index in [1.165, 1.54) is 28.4 Å². The zero-order chi connectivity index (χ0) is 45.8. The van der Waals surface area contributed by atoms with Crippen LogP contribution in [0.2, 0.25) is 0 Å². The minimum absolute atomic E-state index is 0.0683. The van der Waals surface area contributed by atoms with Crippen molar-refractivity contribution in [3.05, 3.63) is 65.6 Å². The molecule has 0 bridgehead atoms. The molecule has 7 rings (SSSR count). The lowest BCUT2D eigenvalue weighted by molar-refractivity contribution is -0.138. The molecule has 8 atom stereocenters. The molecule has 1 aromatic heterocycles. The number of carbonyl (C=O) groups excluding carboxylic acids is 4. The van der Waals surface area contributed by atoms with Gasteiger partial charge in [0.15, 0.2) is 0 Å². The summed E-state index contributed by atoms with van der Waals surface area (Å²) < 4.78 is 32.2. The number of carbonyl (C=O) groups is 4. The fourth-order valence-corrected chi connectivity index (χ4v) is 8.96. The average Bonchev–Trinajstić information content (AvgIpc) is 4.04. The first-order chi connectivity index (χ1) is 30.8. The molecule has 2 saturated heterocycles. The molecule has 4 amide bonds. The smallest absolute Gasteiger partial charge is 0.407 e. The number of methoxy groups -OCH3 is 5. The number of nitrogens with zero attached hydrogens (tertiary/aromatic N) is 4. The third kappa shape index (κ3) is 9.35. The van der Waals surface area contributed by atoms with Gasteiger partial charge < -0.3 is 59.6 Å². The second-order valence-electron chi connectivity index (χ2n) is 16.8. The molecule has 342 valence electrons. The molecule has 64 heavy (non-hydrogen) atoms. The third-order valence-electron chi connectivity index (χ3n) is 12.5. The molecular weight excluding hydrogens is 825 g/mol. The quantitative estimate of drug-likeness (QED) is 0.124. The van der Waals surface area contributed by atoms with E-state index in [1.807, 2.05) is 36.4 Å². The number of rotatable bonds is 14. The number of nitrogens with two attached hydrogens (primary N) is 1. The van der Waals surface area contributed by atoms with Crippen molar-refractivity contribution in [2.75, 3.05) is 55.2 Å². The number of amides is 4. The highest BCUT2D eigenvalue weighted by Gasteiger charge is 2.42. The van der Waals surface area contributed by atoms with Gasteiger partial charge in [-0.2, -0.15) is 0 Å². The molecule has 0 saturated carbocycles. The molecule has 0 spiro atoms. The lowest BCUT2D eigenvalue weighted by atomic mass is 9.92. The highest BCUT2D eigenvalue weighted by Crippen LogP contribution is 2.43. The van der Waals surface area contributed by atoms with Crippen LogP contribution in [0.5, 0.6) is 5.75 Å². The van der Waals surface area contributed by atoms with E-state index in [2.05, 4.69) is 33.6 Å². The van der Waals surface area contributed by atoms with E-state index < -0.39 is 36.5 Å². The largest absolute Gasteiger partial charge is 0.488 e. The van der Waals surface area contributed by atoms with Gasteiger partial charge in [0.05, 0.1) is 68.0 Å². The Morgan fingerprint density at radius 1 is 0.906 bits per heavy atom. The van der Waals surface area contributed by atoms with E-state index in [4.69, 9.17) is 39.1 Å². The fraction of sp³-hybridized carbons (Fsp3) is 0.478. The van der Waals surface area contributed by atoms with Gasteiger partial charge in [0.1, 0.15) is 30.3 Å².